The molecule has 0 unspecified atom stereocenters. The summed E-state index contributed by atoms with van der Waals surface area (Å²) in [6.45, 7) is 2.05. The van der Waals surface area contributed by atoms with Crippen LogP contribution < -0.4 is 15.0 Å². The molecule has 11 nitrogen and oxygen atoms in total. The van der Waals surface area contributed by atoms with Gasteiger partial charge in [-0.25, -0.2) is 9.97 Å². The first kappa shape index (κ1) is 29.3. The van der Waals surface area contributed by atoms with Crippen LogP contribution in [0.2, 0.25) is 10.0 Å². The molecule has 0 bridgehead atoms. The van der Waals surface area contributed by atoms with Crippen molar-refractivity contribution in [1.29, 1.82) is 0 Å². The third-order valence-corrected chi connectivity index (χ3v) is 8.04. The molecule has 0 amide bonds. The van der Waals surface area contributed by atoms with Crippen molar-refractivity contribution in [2.24, 2.45) is 5.10 Å². The zero-order valence-electron chi connectivity index (χ0n) is 22.5. The predicted octanol–water partition coefficient (Wildman–Crippen LogP) is 8.26. The van der Waals surface area contributed by atoms with Gasteiger partial charge in [-0.3, -0.25) is 14.9 Å². The average Bonchev–Trinajstić information content (AvgIpc) is 3.44. The number of furan rings is 1. The normalized spacial score (nSPS) is 11.5. The number of nitrogens with zero attached hydrogens (tertiary/aromatic N) is 5. The molecular weight excluding hydrogens is 677 g/mol. The summed E-state index contributed by atoms with van der Waals surface area (Å²) in [5, 5.41) is 17.2. The van der Waals surface area contributed by atoms with Crippen LogP contribution in [0.5, 0.6) is 17.4 Å². The molecule has 0 saturated carbocycles. The Balaban J connectivity index is 1.45. The topological polar surface area (TPSA) is 135 Å². The van der Waals surface area contributed by atoms with Crippen molar-refractivity contribution in [3.8, 4) is 29.0 Å². The maximum absolute atomic E-state index is 13.7. The Morgan fingerprint density at radius 2 is 1.95 bits per heavy atom. The van der Waals surface area contributed by atoms with Crippen molar-refractivity contribution < 1.29 is 18.8 Å². The summed E-state index contributed by atoms with van der Waals surface area (Å²) in [7, 11) is 0. The van der Waals surface area contributed by atoms with E-state index in [2.05, 4.69) is 26.0 Å². The van der Waals surface area contributed by atoms with Crippen LogP contribution in [0.4, 0.5) is 5.69 Å². The fourth-order valence-corrected chi connectivity index (χ4v) is 5.15. The van der Waals surface area contributed by atoms with Crippen LogP contribution in [0.3, 0.4) is 0 Å². The Bertz CT molecular complexity index is 2170. The molecule has 14 heteroatoms. The molecule has 0 N–H and O–H groups in total. The van der Waals surface area contributed by atoms with Gasteiger partial charge < -0.3 is 13.9 Å². The summed E-state index contributed by atoms with van der Waals surface area (Å²) in [6, 6.07) is 18.1. The van der Waals surface area contributed by atoms with Crippen LogP contribution in [0.1, 0.15) is 12.5 Å². The van der Waals surface area contributed by atoms with Gasteiger partial charge in [-0.2, -0.15) is 9.78 Å². The molecule has 3 heterocycles. The SMILES string of the molecule is CCOc1cc(C=Nn2c(-c3cc4cc(Cl)ccc4o3)nc3ccccc3c2=O)c(Br)c(Cl)c1Oc1ccc([N+](=O)[O-])cn1. The van der Waals surface area contributed by atoms with Crippen molar-refractivity contribution in [2.75, 3.05) is 6.61 Å². The number of pyridine rings is 1. The van der Waals surface area contributed by atoms with Crippen molar-refractivity contribution in [1.82, 2.24) is 14.6 Å². The van der Waals surface area contributed by atoms with Crippen LogP contribution in [0.15, 0.2) is 91.7 Å². The van der Waals surface area contributed by atoms with E-state index in [-0.39, 0.29) is 40.5 Å². The van der Waals surface area contributed by atoms with E-state index in [0.717, 1.165) is 16.3 Å². The van der Waals surface area contributed by atoms with Crippen LogP contribution in [-0.2, 0) is 0 Å². The molecule has 0 aliphatic carbocycles. The van der Waals surface area contributed by atoms with Crippen LogP contribution >= 0.6 is 39.1 Å². The number of nitro groups is 1. The third kappa shape index (κ3) is 5.62. The maximum atomic E-state index is 13.7. The van der Waals surface area contributed by atoms with Crippen molar-refractivity contribution in [2.45, 2.75) is 6.92 Å². The lowest BCUT2D eigenvalue weighted by molar-refractivity contribution is -0.385. The van der Waals surface area contributed by atoms with E-state index in [4.69, 9.17) is 42.1 Å². The van der Waals surface area contributed by atoms with Gasteiger partial charge in [-0.1, -0.05) is 35.3 Å². The molecule has 0 aliphatic rings. The van der Waals surface area contributed by atoms with Gasteiger partial charge in [0.15, 0.2) is 17.3 Å². The molecule has 0 atom stereocenters. The molecule has 0 fully saturated rings. The number of aromatic nitrogens is 3. The monoisotopic (exact) mass is 693 g/mol. The van der Waals surface area contributed by atoms with Crippen molar-refractivity contribution in [3.63, 3.8) is 0 Å². The molecular formula is C30H18BrCl2N5O6. The van der Waals surface area contributed by atoms with Crippen molar-refractivity contribution >= 4 is 72.9 Å². The van der Waals surface area contributed by atoms with Gasteiger partial charge in [0.2, 0.25) is 11.7 Å². The van der Waals surface area contributed by atoms with Gasteiger partial charge in [0.05, 0.1) is 28.6 Å². The zero-order valence-corrected chi connectivity index (χ0v) is 25.6. The highest BCUT2D eigenvalue weighted by molar-refractivity contribution is 9.10. The number of halogens is 3. The number of fused-ring (bicyclic) bond motifs is 2. The lowest BCUT2D eigenvalue weighted by Gasteiger charge is -2.15. The quantitative estimate of drug-likeness (QED) is 0.0883. The number of hydrogen-bond donors (Lipinski definition) is 0. The maximum Gasteiger partial charge on any atom is 0.287 e. The van der Waals surface area contributed by atoms with Crippen molar-refractivity contribution in [3.05, 3.63) is 113 Å². The van der Waals surface area contributed by atoms with E-state index in [0.29, 0.717) is 37.3 Å². The Labute approximate surface area is 266 Å². The summed E-state index contributed by atoms with van der Waals surface area (Å²) in [6.07, 6.45) is 2.50. The van der Waals surface area contributed by atoms with Crippen LogP contribution in [0.25, 0.3) is 33.5 Å². The van der Waals surface area contributed by atoms with E-state index in [1.807, 2.05) is 0 Å². The second kappa shape index (κ2) is 12.1. The standard InChI is InChI=1S/C30H18BrCl2N5O6/c1-2-42-23-13-17(26(31)27(33)28(23)44-25-10-8-19(15-34-25)38(40)41)14-35-37-29(36-21-6-4-3-5-20(21)30(37)39)24-12-16-11-18(32)7-9-22(16)43-24/h3-15H,2H2,1H3. The Kier molecular flexibility index (Phi) is 8.04. The summed E-state index contributed by atoms with van der Waals surface area (Å²) in [4.78, 5) is 32.8. The number of benzene rings is 3. The highest BCUT2D eigenvalue weighted by atomic mass is 79.9. The molecule has 6 rings (SSSR count). The minimum Gasteiger partial charge on any atom is -0.490 e. The summed E-state index contributed by atoms with van der Waals surface area (Å²) >= 11 is 16.3. The fourth-order valence-electron chi connectivity index (χ4n) is 4.34. The number of para-hydroxylation sites is 1. The number of hydrogen-bond acceptors (Lipinski definition) is 9. The third-order valence-electron chi connectivity index (χ3n) is 6.36. The Morgan fingerprint density at radius 1 is 1.14 bits per heavy atom. The first-order valence-corrected chi connectivity index (χ1v) is 14.5. The first-order valence-electron chi connectivity index (χ1n) is 12.9. The zero-order chi connectivity index (χ0) is 31.0. The molecule has 6 aromatic rings. The summed E-state index contributed by atoms with van der Waals surface area (Å²) < 4.78 is 19.2. The number of ether oxygens (including phenoxy) is 2. The molecule has 220 valence electrons. The fraction of sp³-hybridized carbons (Fsp3) is 0.0667. The second-order valence-electron chi connectivity index (χ2n) is 9.17. The first-order chi connectivity index (χ1) is 21.2. The van der Waals surface area contributed by atoms with Crippen LogP contribution in [-0.4, -0.2) is 32.4 Å². The van der Waals surface area contributed by atoms with Gasteiger partial charge in [0, 0.05) is 32.6 Å². The minimum atomic E-state index is -0.564. The smallest absolute Gasteiger partial charge is 0.287 e. The lowest BCUT2D eigenvalue weighted by atomic mass is 10.2. The number of rotatable bonds is 8. The van der Waals surface area contributed by atoms with E-state index < -0.39 is 10.5 Å². The Hall–Kier alpha value is -4.78. The molecule has 0 radical (unpaired) electrons. The molecule has 3 aromatic carbocycles. The average molecular weight is 695 g/mol. The molecule has 0 spiro atoms. The van der Waals surface area contributed by atoms with E-state index in [9.17, 15) is 14.9 Å². The van der Waals surface area contributed by atoms with Crippen LogP contribution in [0, 0.1) is 10.1 Å². The summed E-state index contributed by atoms with van der Waals surface area (Å²) in [5.41, 5.74) is 0.880. The molecule has 0 aliphatic heterocycles. The molecule has 44 heavy (non-hydrogen) atoms. The largest absolute Gasteiger partial charge is 0.490 e. The van der Waals surface area contributed by atoms with Gasteiger partial charge in [-0.15, -0.1) is 0 Å². The molecule has 3 aromatic heterocycles. The predicted molar refractivity (Wildman–Crippen MR) is 170 cm³/mol. The highest BCUT2D eigenvalue weighted by Gasteiger charge is 2.21. The highest BCUT2D eigenvalue weighted by Crippen LogP contribution is 2.44. The molecule has 0 saturated heterocycles. The van der Waals surface area contributed by atoms with Gasteiger partial charge >= 0.3 is 0 Å². The van der Waals surface area contributed by atoms with Gasteiger partial charge in [0.1, 0.15) is 16.8 Å². The van der Waals surface area contributed by atoms with E-state index in [1.54, 1.807) is 61.5 Å². The Morgan fingerprint density at radius 3 is 2.70 bits per heavy atom. The minimum absolute atomic E-state index is 0.0670. The van der Waals surface area contributed by atoms with E-state index in [1.165, 1.54) is 18.3 Å². The van der Waals surface area contributed by atoms with Gasteiger partial charge in [0.25, 0.3) is 11.2 Å². The lowest BCUT2D eigenvalue weighted by Crippen LogP contribution is -2.20. The van der Waals surface area contributed by atoms with E-state index >= 15 is 0 Å². The summed E-state index contributed by atoms with van der Waals surface area (Å²) in [5.74, 6) is 0.936. The van der Waals surface area contributed by atoms with Gasteiger partial charge in [-0.05, 0) is 65.3 Å². The second-order valence-corrected chi connectivity index (χ2v) is 10.8.